The summed E-state index contributed by atoms with van der Waals surface area (Å²) in [6.07, 6.45) is 1.39. The molecule has 1 aliphatic rings. The summed E-state index contributed by atoms with van der Waals surface area (Å²) in [5.41, 5.74) is 0. The summed E-state index contributed by atoms with van der Waals surface area (Å²) in [6.45, 7) is 0. The van der Waals surface area contributed by atoms with Gasteiger partial charge in [-0.1, -0.05) is 19.3 Å². The molecule has 0 unspecified atom stereocenters. The molecule has 0 heterocycles. The van der Waals surface area contributed by atoms with Gasteiger partial charge in [0.1, 0.15) is 6.42 Å². The van der Waals surface area contributed by atoms with Gasteiger partial charge in [0.25, 0.3) is 5.92 Å². The van der Waals surface area contributed by atoms with Gasteiger partial charge >= 0.3 is 5.97 Å². The summed E-state index contributed by atoms with van der Waals surface area (Å²) < 4.78 is 25.5. The highest BCUT2D eigenvalue weighted by atomic mass is 19.3. The highest BCUT2D eigenvalue weighted by Gasteiger charge is 2.36. The van der Waals surface area contributed by atoms with Gasteiger partial charge in [-0.2, -0.15) is 0 Å². The molecule has 1 saturated carbocycles. The Labute approximate surface area is 69.6 Å². The Bertz CT molecular complexity index is 176. The SMILES string of the molecule is O=C(O)CC(F)(F)CC1CCC1. The number of alkyl halides is 2. The smallest absolute Gasteiger partial charge is 0.309 e. The summed E-state index contributed by atoms with van der Waals surface area (Å²) in [7, 11) is 0. The molecule has 0 amide bonds. The number of rotatable bonds is 4. The lowest BCUT2D eigenvalue weighted by Crippen LogP contribution is -2.27. The van der Waals surface area contributed by atoms with E-state index in [1.54, 1.807) is 0 Å². The van der Waals surface area contributed by atoms with E-state index in [0.717, 1.165) is 19.3 Å². The molecule has 1 aliphatic carbocycles. The molecule has 0 radical (unpaired) electrons. The number of carboxylic acids is 1. The minimum Gasteiger partial charge on any atom is -0.481 e. The number of hydrogen-bond acceptors (Lipinski definition) is 1. The quantitative estimate of drug-likeness (QED) is 0.717. The molecule has 0 aromatic carbocycles. The van der Waals surface area contributed by atoms with E-state index in [1.165, 1.54) is 0 Å². The van der Waals surface area contributed by atoms with Crippen LogP contribution in [0.3, 0.4) is 0 Å². The average Bonchev–Trinajstić information content (AvgIpc) is 1.76. The number of aliphatic carboxylic acids is 1. The van der Waals surface area contributed by atoms with Crippen LogP contribution in [-0.2, 0) is 4.79 Å². The van der Waals surface area contributed by atoms with Crippen LogP contribution >= 0.6 is 0 Å². The van der Waals surface area contributed by atoms with E-state index in [1.807, 2.05) is 0 Å². The average molecular weight is 178 g/mol. The zero-order valence-corrected chi connectivity index (χ0v) is 6.72. The van der Waals surface area contributed by atoms with Gasteiger partial charge in [0.2, 0.25) is 0 Å². The Morgan fingerprint density at radius 2 is 2.08 bits per heavy atom. The van der Waals surface area contributed by atoms with Crippen LogP contribution in [-0.4, -0.2) is 17.0 Å². The first-order valence-corrected chi connectivity index (χ1v) is 4.09. The fraction of sp³-hybridized carbons (Fsp3) is 0.875. The summed E-state index contributed by atoms with van der Waals surface area (Å²) in [5.74, 6) is -4.37. The van der Waals surface area contributed by atoms with Crippen LogP contribution in [0.4, 0.5) is 8.78 Å². The first kappa shape index (κ1) is 9.42. The molecule has 4 heteroatoms. The third kappa shape index (κ3) is 2.75. The molecule has 0 bridgehead atoms. The number of halogens is 2. The van der Waals surface area contributed by atoms with Gasteiger partial charge in [-0.3, -0.25) is 4.79 Å². The van der Waals surface area contributed by atoms with E-state index in [2.05, 4.69) is 0 Å². The lowest BCUT2D eigenvalue weighted by atomic mass is 9.81. The molecule has 0 aromatic rings. The summed E-state index contributed by atoms with van der Waals surface area (Å²) in [4.78, 5) is 10.0. The fourth-order valence-electron chi connectivity index (χ4n) is 1.41. The molecule has 1 N–H and O–H groups in total. The minimum absolute atomic E-state index is 0.0550. The molecule has 0 spiro atoms. The van der Waals surface area contributed by atoms with Crippen molar-refractivity contribution >= 4 is 5.97 Å². The van der Waals surface area contributed by atoms with E-state index in [9.17, 15) is 13.6 Å². The fourth-order valence-corrected chi connectivity index (χ4v) is 1.41. The van der Waals surface area contributed by atoms with Crippen molar-refractivity contribution in [2.45, 2.75) is 38.0 Å². The molecule has 12 heavy (non-hydrogen) atoms. The maximum atomic E-state index is 12.8. The van der Waals surface area contributed by atoms with E-state index < -0.39 is 18.3 Å². The standard InChI is InChI=1S/C8H12F2O2/c9-8(10,5-7(11)12)4-6-2-1-3-6/h6H,1-5H2,(H,11,12). The second-order valence-corrected chi connectivity index (χ2v) is 3.43. The van der Waals surface area contributed by atoms with Crippen molar-refractivity contribution in [2.75, 3.05) is 0 Å². The van der Waals surface area contributed by atoms with Gasteiger partial charge in [0, 0.05) is 6.42 Å². The molecule has 1 rings (SSSR count). The lowest BCUT2D eigenvalue weighted by Gasteiger charge is -2.28. The van der Waals surface area contributed by atoms with Crippen LogP contribution < -0.4 is 0 Å². The number of carboxylic acid groups (broad SMARTS) is 1. The molecule has 70 valence electrons. The Balaban J connectivity index is 2.30. The normalized spacial score (nSPS) is 18.8. The van der Waals surface area contributed by atoms with Crippen LogP contribution in [0.25, 0.3) is 0 Å². The van der Waals surface area contributed by atoms with E-state index in [-0.39, 0.29) is 12.3 Å². The Kier molecular flexibility index (Phi) is 2.65. The van der Waals surface area contributed by atoms with Crippen molar-refractivity contribution in [1.29, 1.82) is 0 Å². The second-order valence-electron chi connectivity index (χ2n) is 3.43. The predicted octanol–water partition coefficient (Wildman–Crippen LogP) is 2.29. The van der Waals surface area contributed by atoms with Crippen LogP contribution in [0.5, 0.6) is 0 Å². The van der Waals surface area contributed by atoms with E-state index in [0.29, 0.717) is 0 Å². The molecular weight excluding hydrogens is 166 g/mol. The van der Waals surface area contributed by atoms with Crippen LogP contribution in [0, 0.1) is 5.92 Å². The molecule has 1 fully saturated rings. The monoisotopic (exact) mass is 178 g/mol. The highest BCUT2D eigenvalue weighted by molar-refractivity contribution is 5.67. The van der Waals surface area contributed by atoms with Crippen molar-refractivity contribution in [3.63, 3.8) is 0 Å². The van der Waals surface area contributed by atoms with Gasteiger partial charge < -0.3 is 5.11 Å². The van der Waals surface area contributed by atoms with Gasteiger partial charge in [-0.15, -0.1) is 0 Å². The maximum Gasteiger partial charge on any atom is 0.309 e. The Morgan fingerprint density at radius 1 is 1.50 bits per heavy atom. The predicted molar refractivity (Wildman–Crippen MR) is 39.2 cm³/mol. The highest BCUT2D eigenvalue weighted by Crippen LogP contribution is 2.37. The molecule has 0 aromatic heterocycles. The largest absolute Gasteiger partial charge is 0.481 e. The van der Waals surface area contributed by atoms with E-state index >= 15 is 0 Å². The molecule has 0 saturated heterocycles. The number of carbonyl (C=O) groups is 1. The van der Waals surface area contributed by atoms with Crippen LogP contribution in [0.2, 0.25) is 0 Å². The zero-order valence-electron chi connectivity index (χ0n) is 6.72. The maximum absolute atomic E-state index is 12.8. The molecule has 0 aliphatic heterocycles. The van der Waals surface area contributed by atoms with Gasteiger partial charge in [0.15, 0.2) is 0 Å². The van der Waals surface area contributed by atoms with E-state index in [4.69, 9.17) is 5.11 Å². The molecular formula is C8H12F2O2. The van der Waals surface area contributed by atoms with Gasteiger partial charge in [-0.05, 0) is 5.92 Å². The van der Waals surface area contributed by atoms with Gasteiger partial charge in [-0.25, -0.2) is 8.78 Å². The third-order valence-electron chi connectivity index (χ3n) is 2.22. The van der Waals surface area contributed by atoms with Gasteiger partial charge in [0.05, 0.1) is 0 Å². The third-order valence-corrected chi connectivity index (χ3v) is 2.22. The van der Waals surface area contributed by atoms with Crippen molar-refractivity contribution in [3.05, 3.63) is 0 Å². The zero-order chi connectivity index (χ0) is 9.19. The Morgan fingerprint density at radius 3 is 2.42 bits per heavy atom. The molecule has 0 atom stereocenters. The topological polar surface area (TPSA) is 37.3 Å². The number of hydrogen-bond donors (Lipinski definition) is 1. The van der Waals surface area contributed by atoms with Crippen molar-refractivity contribution in [2.24, 2.45) is 5.92 Å². The first-order chi connectivity index (χ1) is 5.49. The summed E-state index contributed by atoms with van der Waals surface area (Å²) >= 11 is 0. The van der Waals surface area contributed by atoms with Crippen molar-refractivity contribution < 1.29 is 18.7 Å². The minimum atomic E-state index is -3.00. The van der Waals surface area contributed by atoms with Crippen molar-refractivity contribution in [3.8, 4) is 0 Å². The first-order valence-electron chi connectivity index (χ1n) is 4.09. The summed E-state index contributed by atoms with van der Waals surface area (Å²) in [6, 6.07) is 0. The van der Waals surface area contributed by atoms with Crippen LogP contribution in [0.15, 0.2) is 0 Å². The molecule has 2 nitrogen and oxygen atoms in total. The van der Waals surface area contributed by atoms with Crippen LogP contribution in [0.1, 0.15) is 32.1 Å². The Hall–Kier alpha value is -0.670. The summed E-state index contributed by atoms with van der Waals surface area (Å²) in [5, 5.41) is 8.17. The van der Waals surface area contributed by atoms with Crippen molar-refractivity contribution in [1.82, 2.24) is 0 Å². The second kappa shape index (κ2) is 3.37. The lowest BCUT2D eigenvalue weighted by molar-refractivity contribution is -0.146.